The van der Waals surface area contributed by atoms with Crippen molar-refractivity contribution in [2.24, 2.45) is 5.92 Å². The smallest absolute Gasteiger partial charge is 0.463 e. The van der Waals surface area contributed by atoms with Crippen molar-refractivity contribution in [3.63, 3.8) is 0 Å². The van der Waals surface area contributed by atoms with Gasteiger partial charge in [-0.15, -0.1) is 0 Å². The van der Waals surface area contributed by atoms with Gasteiger partial charge in [-0.2, -0.15) is 0 Å². The molecule has 10 atom stereocenters. The Kier molecular flexibility index (Phi) is 18.7. The lowest BCUT2D eigenvalue weighted by Gasteiger charge is -2.44. The number of aromatic nitrogens is 2. The Morgan fingerprint density at radius 2 is 1.53 bits per heavy atom. The molecule has 0 saturated carbocycles. The van der Waals surface area contributed by atoms with E-state index in [1.54, 1.807) is 0 Å². The molecule has 5 N–H and O–H groups in total. The Labute approximate surface area is 327 Å². The van der Waals surface area contributed by atoms with E-state index in [0.717, 1.165) is 31.6 Å². The highest BCUT2D eigenvalue weighted by Gasteiger charge is 2.52. The highest BCUT2D eigenvalue weighted by atomic mass is 31.2. The zero-order valence-corrected chi connectivity index (χ0v) is 33.4. The number of esters is 3. The quantitative estimate of drug-likeness (QED) is 0.0445. The number of aromatic amines is 1. The van der Waals surface area contributed by atoms with Crippen molar-refractivity contribution in [2.45, 2.75) is 102 Å². The molecule has 0 spiro atoms. The summed E-state index contributed by atoms with van der Waals surface area (Å²) in [6, 6.07) is -0.478. The van der Waals surface area contributed by atoms with Crippen LogP contribution in [-0.4, -0.2) is 134 Å². The number of carbonyl (C=O) groups is 5. The number of urea groups is 1. The molecule has 0 radical (unpaired) electrons. The fourth-order valence-corrected chi connectivity index (χ4v) is 6.99. The fraction of sp³-hybridized carbons (Fsp3) is 0.727. The van der Waals surface area contributed by atoms with E-state index in [4.69, 9.17) is 37.7 Å². The van der Waals surface area contributed by atoms with E-state index < -0.39 is 104 Å². The molecule has 2 unspecified atom stereocenters. The molecule has 24 heteroatoms. The van der Waals surface area contributed by atoms with Gasteiger partial charge in [-0.3, -0.25) is 42.6 Å². The maximum Gasteiger partial charge on any atom is 0.472 e. The number of methoxy groups -OCH3 is 1. The van der Waals surface area contributed by atoms with Crippen molar-refractivity contribution in [3.8, 4) is 0 Å². The summed E-state index contributed by atoms with van der Waals surface area (Å²) in [6.07, 6.45) is -5.24. The Morgan fingerprint density at radius 1 is 0.877 bits per heavy atom. The maximum absolute atomic E-state index is 12.6. The van der Waals surface area contributed by atoms with Crippen molar-refractivity contribution < 1.29 is 75.6 Å². The summed E-state index contributed by atoms with van der Waals surface area (Å²) in [5.74, 6) is -3.35. The number of hydrogen-bond donors (Lipinski definition) is 5. The molecular weight excluding hydrogens is 785 g/mol. The summed E-state index contributed by atoms with van der Waals surface area (Å²) in [4.78, 5) is 96.8. The van der Waals surface area contributed by atoms with Crippen molar-refractivity contribution in [3.05, 3.63) is 33.1 Å². The number of carbonyl (C=O) groups excluding carboxylic acids is 5. The predicted molar refractivity (Wildman–Crippen MR) is 192 cm³/mol. The number of nitrogens with zero attached hydrogens (tertiary/aromatic N) is 1. The van der Waals surface area contributed by atoms with E-state index in [1.807, 2.05) is 0 Å². The molecule has 23 nitrogen and oxygen atoms in total. The lowest BCUT2D eigenvalue weighted by atomic mass is 9.94. The van der Waals surface area contributed by atoms with Crippen LogP contribution in [0, 0.1) is 5.92 Å². The van der Waals surface area contributed by atoms with Crippen LogP contribution in [0.1, 0.15) is 59.6 Å². The van der Waals surface area contributed by atoms with Gasteiger partial charge in [0.15, 0.2) is 18.5 Å². The summed E-state index contributed by atoms with van der Waals surface area (Å²) in [5, 5.41) is 8.04. The van der Waals surface area contributed by atoms with Crippen LogP contribution in [0.25, 0.3) is 0 Å². The zero-order chi connectivity index (χ0) is 42.3. The first-order valence-electron chi connectivity index (χ1n) is 18.0. The third-order valence-electron chi connectivity index (χ3n) is 8.62. The number of rotatable bonds is 21. The number of nitrogens with one attached hydrogen (secondary N) is 4. The number of phosphoric ester groups is 1. The van der Waals surface area contributed by atoms with Gasteiger partial charge < -0.3 is 54.0 Å². The SMILES string of the molecule is COC[C@H]1O[C@@H](n2ccc(=O)[nH]c2=O)[C@@H](CCCNC(=O)NCCCCO[C@@H]2O[C@H](COC(C)=O)[C@H](OC(C)=O)[C@H](OC(C)=O)[C@H]2NC(C)=O)C1OP(=O)(O)OC. The molecule has 3 heterocycles. The first-order chi connectivity index (χ1) is 27.0. The molecule has 1 aromatic heterocycles. The van der Waals surface area contributed by atoms with Crippen LogP contribution >= 0.6 is 7.82 Å². The molecule has 1 aromatic rings. The molecule has 0 bridgehead atoms. The van der Waals surface area contributed by atoms with Gasteiger partial charge in [-0.25, -0.2) is 14.2 Å². The molecule has 3 rings (SSSR count). The summed E-state index contributed by atoms with van der Waals surface area (Å²) in [5.41, 5.74) is -1.39. The van der Waals surface area contributed by atoms with Crippen molar-refractivity contribution in [1.82, 2.24) is 25.5 Å². The number of amides is 3. The van der Waals surface area contributed by atoms with E-state index in [2.05, 4.69) is 25.5 Å². The molecule has 2 saturated heterocycles. The zero-order valence-electron chi connectivity index (χ0n) is 32.5. The van der Waals surface area contributed by atoms with Gasteiger partial charge in [0, 0.05) is 79.8 Å². The van der Waals surface area contributed by atoms with E-state index in [1.165, 1.54) is 27.2 Å². The number of ether oxygens (including phenoxy) is 7. The Balaban J connectivity index is 1.55. The first-order valence-corrected chi connectivity index (χ1v) is 19.5. The monoisotopic (exact) mass is 837 g/mol. The lowest BCUT2D eigenvalue weighted by molar-refractivity contribution is -0.277. The second kappa shape index (κ2) is 22.6. The predicted octanol–water partition coefficient (Wildman–Crippen LogP) is -0.639. The number of phosphoric acid groups is 1. The van der Waals surface area contributed by atoms with Crippen LogP contribution in [0.3, 0.4) is 0 Å². The van der Waals surface area contributed by atoms with E-state index in [9.17, 15) is 43.0 Å². The van der Waals surface area contributed by atoms with Gasteiger partial charge in [0.25, 0.3) is 5.56 Å². The Morgan fingerprint density at radius 3 is 2.12 bits per heavy atom. The number of unbranched alkanes of at least 4 members (excludes halogenated alkanes) is 1. The molecule has 57 heavy (non-hydrogen) atoms. The van der Waals surface area contributed by atoms with Crippen LogP contribution in [-0.2, 0) is 65.9 Å². The highest BCUT2D eigenvalue weighted by Crippen LogP contribution is 2.50. The topological polar surface area (TPSA) is 297 Å². The van der Waals surface area contributed by atoms with Crippen molar-refractivity contribution in [1.29, 1.82) is 0 Å². The third-order valence-corrected chi connectivity index (χ3v) is 9.59. The molecule has 3 amide bonds. The molecule has 0 aliphatic carbocycles. The minimum atomic E-state index is -4.52. The largest absolute Gasteiger partial charge is 0.472 e. The van der Waals surface area contributed by atoms with Crippen LogP contribution in [0.2, 0.25) is 0 Å². The Bertz CT molecular complexity index is 1690. The standard InChI is InChI=1S/C33H52N5O18P/c1-18(39)36-26-29(53-21(4)42)28(52-20(3)41)24(17-51-19(2)40)55-31(26)50-15-8-7-12-34-32(44)35-13-9-10-22-27(56-57(46,47)49-6)23(16-48-5)54-30(22)38-14-11-25(43)37-33(38)45/h11,14,22-24,26-31H,7-10,12-13,15-17H2,1-6H3,(H,36,39)(H,46,47)(H2,34,35,44)(H,37,43,45)/t22-,23+,24+,26+,27?,28-,29+,30+,31+/m0/s1. The summed E-state index contributed by atoms with van der Waals surface area (Å²) < 4.78 is 62.6. The maximum atomic E-state index is 12.6. The van der Waals surface area contributed by atoms with E-state index in [-0.39, 0.29) is 39.3 Å². The average molecular weight is 838 g/mol. The molecule has 2 aliphatic heterocycles. The van der Waals surface area contributed by atoms with Gasteiger partial charge >= 0.3 is 37.5 Å². The van der Waals surface area contributed by atoms with E-state index >= 15 is 0 Å². The summed E-state index contributed by atoms with van der Waals surface area (Å²) >= 11 is 0. The molecular formula is C33H52N5O18P. The minimum Gasteiger partial charge on any atom is -0.463 e. The number of hydrogen-bond acceptors (Lipinski definition) is 17. The summed E-state index contributed by atoms with van der Waals surface area (Å²) in [6.45, 7) is 4.66. The minimum absolute atomic E-state index is 0.0511. The highest BCUT2D eigenvalue weighted by molar-refractivity contribution is 7.47. The Hall–Kier alpha value is -4.22. The van der Waals surface area contributed by atoms with Crippen molar-refractivity contribution >= 4 is 37.7 Å². The molecule has 2 fully saturated rings. The van der Waals surface area contributed by atoms with Crippen molar-refractivity contribution in [2.75, 3.05) is 47.1 Å². The molecule has 322 valence electrons. The van der Waals surface area contributed by atoms with Gasteiger partial charge in [0.1, 0.15) is 37.2 Å². The first kappa shape index (κ1) is 47.2. The van der Waals surface area contributed by atoms with E-state index in [0.29, 0.717) is 19.3 Å². The second-order valence-corrected chi connectivity index (χ2v) is 14.6. The average Bonchev–Trinajstić information content (AvgIpc) is 3.44. The van der Waals surface area contributed by atoms with Gasteiger partial charge in [-0.1, -0.05) is 0 Å². The third kappa shape index (κ3) is 14.9. The molecule has 0 aromatic carbocycles. The van der Waals surface area contributed by atoms with Crippen LogP contribution in [0.15, 0.2) is 21.9 Å². The normalized spacial score (nSPS) is 26.8. The van der Waals surface area contributed by atoms with Gasteiger partial charge in [0.05, 0.1) is 6.61 Å². The van der Waals surface area contributed by atoms with Gasteiger partial charge in [0.2, 0.25) is 5.91 Å². The van der Waals surface area contributed by atoms with Gasteiger partial charge in [-0.05, 0) is 25.7 Å². The van der Waals surface area contributed by atoms with Crippen LogP contribution < -0.4 is 27.2 Å². The second-order valence-electron chi connectivity index (χ2n) is 13.0. The van der Waals surface area contributed by atoms with Crippen LogP contribution in [0.5, 0.6) is 0 Å². The number of H-pyrrole nitrogens is 1. The fourth-order valence-electron chi connectivity index (χ4n) is 6.31. The summed E-state index contributed by atoms with van der Waals surface area (Å²) in [7, 11) is -2.13. The lowest BCUT2D eigenvalue weighted by Crippen LogP contribution is -2.66. The van der Waals surface area contributed by atoms with Crippen LogP contribution in [0.4, 0.5) is 4.79 Å². The molecule has 2 aliphatic rings.